The topological polar surface area (TPSA) is 56.5 Å². The number of hydrogen-bond acceptors (Lipinski definition) is 5. The van der Waals surface area contributed by atoms with Crippen LogP contribution >= 0.6 is 11.3 Å². The van der Waals surface area contributed by atoms with E-state index in [4.69, 9.17) is 4.74 Å². The van der Waals surface area contributed by atoms with Gasteiger partial charge in [-0.2, -0.15) is 9.50 Å². The van der Waals surface area contributed by atoms with Gasteiger partial charge in [0.2, 0.25) is 4.96 Å². The lowest BCUT2D eigenvalue weighted by Gasteiger charge is -2.02. The summed E-state index contributed by atoms with van der Waals surface area (Å²) in [6, 6.07) is 15.9. The lowest BCUT2D eigenvalue weighted by molar-refractivity contribution is 0.414. The average Bonchev–Trinajstić information content (AvgIpc) is 3.27. The first-order valence-electron chi connectivity index (χ1n) is 9.10. The highest BCUT2D eigenvalue weighted by Crippen LogP contribution is 2.18. The fraction of sp³-hybridized carbons (Fsp3) is 0.0870. The van der Waals surface area contributed by atoms with Gasteiger partial charge in [0.15, 0.2) is 5.82 Å². The molecule has 0 fully saturated rings. The van der Waals surface area contributed by atoms with E-state index in [1.54, 1.807) is 13.2 Å². The van der Waals surface area contributed by atoms with Crippen LogP contribution in [-0.4, -0.2) is 21.7 Å². The maximum atomic E-state index is 12.6. The molecule has 2 aromatic carbocycles. The summed E-state index contributed by atoms with van der Waals surface area (Å²) >= 11 is 1.32. The molecular weight excluding hydrogens is 382 g/mol. The molecular formula is C23H19N3O2S. The van der Waals surface area contributed by atoms with Crippen molar-refractivity contribution in [2.24, 2.45) is 0 Å². The Kier molecular flexibility index (Phi) is 5.35. The Labute approximate surface area is 171 Å². The minimum Gasteiger partial charge on any atom is -0.496 e. The Bertz CT molecular complexity index is 1310. The van der Waals surface area contributed by atoms with Crippen molar-refractivity contribution in [1.29, 1.82) is 0 Å². The third-order valence-electron chi connectivity index (χ3n) is 4.36. The zero-order valence-electron chi connectivity index (χ0n) is 16.1. The number of para-hydroxylation sites is 1. The molecule has 0 saturated heterocycles. The lowest BCUT2D eigenvalue weighted by Crippen LogP contribution is -2.23. The molecule has 0 amide bonds. The van der Waals surface area contributed by atoms with Crippen molar-refractivity contribution >= 4 is 40.6 Å². The van der Waals surface area contributed by atoms with Gasteiger partial charge in [0.1, 0.15) is 5.75 Å². The minimum atomic E-state index is -0.169. The molecule has 5 nitrogen and oxygen atoms in total. The van der Waals surface area contributed by atoms with E-state index in [1.165, 1.54) is 21.4 Å². The summed E-state index contributed by atoms with van der Waals surface area (Å²) in [5, 5.41) is 4.31. The minimum absolute atomic E-state index is 0.169. The molecule has 0 saturated carbocycles. The Morgan fingerprint density at radius 2 is 1.83 bits per heavy atom. The third kappa shape index (κ3) is 4.17. The molecule has 0 N–H and O–H groups in total. The number of thiazole rings is 1. The Morgan fingerprint density at radius 3 is 2.59 bits per heavy atom. The highest BCUT2D eigenvalue weighted by molar-refractivity contribution is 7.15. The highest BCUT2D eigenvalue weighted by atomic mass is 32.1. The molecule has 0 spiro atoms. The van der Waals surface area contributed by atoms with Crippen LogP contribution in [0.3, 0.4) is 0 Å². The summed E-state index contributed by atoms with van der Waals surface area (Å²) in [5.41, 5.74) is 3.05. The monoisotopic (exact) mass is 401 g/mol. The van der Waals surface area contributed by atoms with Crippen LogP contribution in [0.5, 0.6) is 5.75 Å². The fourth-order valence-electron chi connectivity index (χ4n) is 2.83. The van der Waals surface area contributed by atoms with Gasteiger partial charge in [0.05, 0.1) is 11.6 Å². The van der Waals surface area contributed by atoms with E-state index in [2.05, 4.69) is 29.1 Å². The van der Waals surface area contributed by atoms with Crippen LogP contribution in [0.1, 0.15) is 22.5 Å². The van der Waals surface area contributed by atoms with Crippen LogP contribution in [0.4, 0.5) is 0 Å². The third-order valence-corrected chi connectivity index (χ3v) is 5.34. The molecule has 0 radical (unpaired) electrons. The van der Waals surface area contributed by atoms with Gasteiger partial charge in [0.25, 0.3) is 5.56 Å². The van der Waals surface area contributed by atoms with Crippen LogP contribution in [-0.2, 0) is 0 Å². The number of fused-ring (bicyclic) bond motifs is 1. The Morgan fingerprint density at radius 1 is 1.03 bits per heavy atom. The number of rotatable bonds is 5. The summed E-state index contributed by atoms with van der Waals surface area (Å²) in [5.74, 6) is 1.30. The van der Waals surface area contributed by atoms with Crippen molar-refractivity contribution < 1.29 is 4.74 Å². The van der Waals surface area contributed by atoms with E-state index < -0.39 is 0 Å². The molecule has 6 heteroatoms. The molecule has 0 bridgehead atoms. The Hall–Kier alpha value is -3.51. The van der Waals surface area contributed by atoms with Gasteiger partial charge >= 0.3 is 0 Å². The zero-order valence-corrected chi connectivity index (χ0v) is 16.9. The van der Waals surface area contributed by atoms with Crippen LogP contribution in [0.15, 0.2) is 59.4 Å². The molecule has 29 heavy (non-hydrogen) atoms. The molecule has 4 aromatic rings. The summed E-state index contributed by atoms with van der Waals surface area (Å²) in [6.45, 7) is 2.05. The number of aryl methyl sites for hydroxylation is 1. The number of hydrogen-bond donors (Lipinski definition) is 0. The van der Waals surface area contributed by atoms with E-state index >= 15 is 0 Å². The van der Waals surface area contributed by atoms with E-state index in [1.807, 2.05) is 60.7 Å². The summed E-state index contributed by atoms with van der Waals surface area (Å²) < 4.78 is 7.26. The van der Waals surface area contributed by atoms with Gasteiger partial charge in [0, 0.05) is 5.56 Å². The predicted molar refractivity (Wildman–Crippen MR) is 119 cm³/mol. The number of allylic oxidation sites excluding steroid dienone is 1. The number of ether oxygens (including phenoxy) is 1. The predicted octanol–water partition coefficient (Wildman–Crippen LogP) is 3.85. The van der Waals surface area contributed by atoms with Gasteiger partial charge in [-0.25, -0.2) is 0 Å². The number of aromatic nitrogens is 3. The highest BCUT2D eigenvalue weighted by Gasteiger charge is 2.08. The Balaban J connectivity index is 1.58. The van der Waals surface area contributed by atoms with Crippen LogP contribution in [0, 0.1) is 6.92 Å². The largest absolute Gasteiger partial charge is 0.496 e. The van der Waals surface area contributed by atoms with E-state index in [9.17, 15) is 4.79 Å². The maximum Gasteiger partial charge on any atom is 0.291 e. The van der Waals surface area contributed by atoms with Gasteiger partial charge in [-0.15, -0.1) is 5.10 Å². The molecule has 0 atom stereocenters. The van der Waals surface area contributed by atoms with Crippen molar-refractivity contribution in [2.75, 3.05) is 7.11 Å². The average molecular weight is 401 g/mol. The first-order chi connectivity index (χ1) is 14.1. The van der Waals surface area contributed by atoms with E-state index in [0.717, 1.165) is 16.9 Å². The second kappa shape index (κ2) is 8.24. The molecule has 144 valence electrons. The number of methoxy groups -OCH3 is 1. The summed E-state index contributed by atoms with van der Waals surface area (Å²) in [7, 11) is 1.64. The van der Waals surface area contributed by atoms with Crippen molar-refractivity contribution in [3.05, 3.63) is 92.0 Å². The van der Waals surface area contributed by atoms with Gasteiger partial charge < -0.3 is 4.74 Å². The van der Waals surface area contributed by atoms with Crippen molar-refractivity contribution in [3.63, 3.8) is 0 Å². The molecule has 0 aliphatic carbocycles. The van der Waals surface area contributed by atoms with Gasteiger partial charge in [-0.3, -0.25) is 4.79 Å². The molecule has 0 aliphatic heterocycles. The molecule has 4 rings (SSSR count). The summed E-state index contributed by atoms with van der Waals surface area (Å²) in [6.07, 6.45) is 9.27. The SMILES string of the molecule is COc1ccccc1/C=C/C=c1\sc2nc(/C=C/c3ccc(C)cc3)nn2c1=O. The van der Waals surface area contributed by atoms with Gasteiger partial charge in [-0.1, -0.05) is 77.6 Å². The van der Waals surface area contributed by atoms with Gasteiger partial charge in [-0.05, 0) is 30.7 Å². The molecule has 0 aliphatic rings. The van der Waals surface area contributed by atoms with Crippen molar-refractivity contribution in [2.45, 2.75) is 6.92 Å². The fourth-order valence-corrected chi connectivity index (χ4v) is 3.69. The number of benzene rings is 2. The number of nitrogens with zero attached hydrogens (tertiary/aromatic N) is 3. The first kappa shape index (κ1) is 18.8. The lowest BCUT2D eigenvalue weighted by atomic mass is 10.1. The smallest absolute Gasteiger partial charge is 0.291 e. The molecule has 0 unspecified atom stereocenters. The zero-order chi connectivity index (χ0) is 20.2. The van der Waals surface area contributed by atoms with E-state index in [0.29, 0.717) is 15.3 Å². The first-order valence-corrected chi connectivity index (χ1v) is 9.91. The summed E-state index contributed by atoms with van der Waals surface area (Å²) in [4.78, 5) is 17.6. The second-order valence-corrected chi connectivity index (χ2v) is 7.46. The normalized spacial score (nSPS) is 12.6. The molecule has 2 aromatic heterocycles. The standard InChI is InChI=1S/C23H19N3O2S/c1-16-10-12-17(13-11-16)14-15-21-24-23-26(25-21)22(27)20(29-23)9-5-7-18-6-3-4-8-19(18)28-2/h3-15H,1-2H3/b7-5+,15-14+,20-9-. The molecule has 2 heterocycles. The van der Waals surface area contributed by atoms with Crippen molar-refractivity contribution in [3.8, 4) is 5.75 Å². The van der Waals surface area contributed by atoms with Crippen LogP contribution < -0.4 is 14.8 Å². The maximum absolute atomic E-state index is 12.6. The quantitative estimate of drug-likeness (QED) is 0.510. The van der Waals surface area contributed by atoms with E-state index in [-0.39, 0.29) is 5.56 Å². The van der Waals surface area contributed by atoms with Crippen LogP contribution in [0.2, 0.25) is 0 Å². The van der Waals surface area contributed by atoms with Crippen LogP contribution in [0.25, 0.3) is 29.3 Å². The second-order valence-electron chi connectivity index (χ2n) is 6.45. The van der Waals surface area contributed by atoms with Crippen molar-refractivity contribution in [1.82, 2.24) is 14.6 Å².